The van der Waals surface area contributed by atoms with Crippen molar-refractivity contribution in [3.63, 3.8) is 0 Å². The first-order valence-electron chi connectivity index (χ1n) is 4.82. The van der Waals surface area contributed by atoms with Crippen LogP contribution in [0.3, 0.4) is 0 Å². The van der Waals surface area contributed by atoms with Crippen LogP contribution in [0.15, 0.2) is 27.8 Å². The van der Waals surface area contributed by atoms with Crippen molar-refractivity contribution in [3.8, 4) is 5.75 Å². The smallest absolute Gasteiger partial charge is 0.216 e. The molecule has 0 atom stereocenters. The van der Waals surface area contributed by atoms with Gasteiger partial charge < -0.3 is 10.5 Å². The van der Waals surface area contributed by atoms with E-state index in [0.29, 0.717) is 11.1 Å². The van der Waals surface area contributed by atoms with Gasteiger partial charge in [-0.25, -0.2) is 5.10 Å². The van der Waals surface area contributed by atoms with E-state index >= 15 is 0 Å². The molecule has 0 bridgehead atoms. The van der Waals surface area contributed by atoms with Gasteiger partial charge >= 0.3 is 0 Å². The molecular weight excluding hydrogens is 304 g/mol. The highest BCUT2D eigenvalue weighted by Gasteiger charge is 2.04. The van der Waals surface area contributed by atoms with E-state index in [4.69, 9.17) is 10.5 Å². The number of aromatic nitrogens is 3. The maximum Gasteiger partial charge on any atom is 0.216 e. The first kappa shape index (κ1) is 12.3. The van der Waals surface area contributed by atoms with Crippen LogP contribution in [0, 0.1) is 0 Å². The summed E-state index contributed by atoms with van der Waals surface area (Å²) in [4.78, 5) is 4.02. The van der Waals surface area contributed by atoms with E-state index < -0.39 is 0 Å². The minimum absolute atomic E-state index is 0.336. The number of aromatic amines is 1. The number of rotatable bonds is 4. The Bertz CT molecular complexity index is 517. The van der Waals surface area contributed by atoms with Crippen molar-refractivity contribution in [2.45, 2.75) is 10.9 Å². The summed E-state index contributed by atoms with van der Waals surface area (Å²) in [6.45, 7) is 0. The summed E-state index contributed by atoms with van der Waals surface area (Å²) in [6.07, 6.45) is 0. The van der Waals surface area contributed by atoms with Crippen LogP contribution in [0.25, 0.3) is 0 Å². The van der Waals surface area contributed by atoms with E-state index in [9.17, 15) is 0 Å². The maximum atomic E-state index is 5.44. The molecule has 5 nitrogen and oxygen atoms in total. The van der Waals surface area contributed by atoms with Gasteiger partial charge in [0.15, 0.2) is 0 Å². The average molecular weight is 315 g/mol. The minimum Gasteiger partial charge on any atom is -0.496 e. The van der Waals surface area contributed by atoms with Gasteiger partial charge in [-0.1, -0.05) is 17.8 Å². The Balaban J connectivity index is 2.02. The number of nitrogens with zero attached hydrogens (tertiary/aromatic N) is 2. The number of methoxy groups -OCH3 is 1. The first-order valence-corrected chi connectivity index (χ1v) is 6.60. The highest BCUT2D eigenvalue weighted by Crippen LogP contribution is 2.28. The number of nitrogen functional groups attached to an aromatic ring is 1. The molecule has 0 aliphatic rings. The number of benzene rings is 1. The second-order valence-corrected chi connectivity index (χ2v) is 5.06. The molecular formula is C10H11BrN4OS. The Kier molecular flexibility index (Phi) is 3.90. The number of anilines is 1. The zero-order chi connectivity index (χ0) is 12.3. The number of hydrogen-bond donors (Lipinski definition) is 2. The van der Waals surface area contributed by atoms with Crippen molar-refractivity contribution >= 4 is 33.6 Å². The quantitative estimate of drug-likeness (QED) is 0.848. The molecule has 3 N–H and O–H groups in total. The molecule has 0 amide bonds. The van der Waals surface area contributed by atoms with E-state index in [1.54, 1.807) is 7.11 Å². The van der Waals surface area contributed by atoms with Gasteiger partial charge in [-0.05, 0) is 33.6 Å². The molecule has 0 spiro atoms. The fourth-order valence-corrected chi connectivity index (χ4v) is 2.61. The van der Waals surface area contributed by atoms with Gasteiger partial charge in [0.1, 0.15) is 5.75 Å². The summed E-state index contributed by atoms with van der Waals surface area (Å²) < 4.78 is 6.10. The SMILES string of the molecule is COc1ccc(CSc2n[nH]c(N)n2)cc1Br. The van der Waals surface area contributed by atoms with Crippen molar-refractivity contribution < 1.29 is 4.74 Å². The van der Waals surface area contributed by atoms with Crippen LogP contribution in [-0.4, -0.2) is 22.3 Å². The molecule has 7 heteroatoms. The lowest BCUT2D eigenvalue weighted by molar-refractivity contribution is 0.412. The molecule has 0 saturated carbocycles. The molecule has 17 heavy (non-hydrogen) atoms. The van der Waals surface area contributed by atoms with E-state index in [0.717, 1.165) is 21.5 Å². The molecule has 0 fully saturated rings. The number of ether oxygens (including phenoxy) is 1. The number of nitrogens with two attached hydrogens (primary N) is 1. The number of thioether (sulfide) groups is 1. The van der Waals surface area contributed by atoms with E-state index in [-0.39, 0.29) is 0 Å². The lowest BCUT2D eigenvalue weighted by Crippen LogP contribution is -1.87. The predicted molar refractivity (Wildman–Crippen MR) is 71.1 cm³/mol. The predicted octanol–water partition coefficient (Wildman–Crippen LogP) is 2.45. The number of nitrogens with one attached hydrogen (secondary N) is 1. The van der Waals surface area contributed by atoms with Crippen LogP contribution in [0.5, 0.6) is 5.75 Å². The molecule has 1 heterocycles. The Morgan fingerprint density at radius 1 is 1.53 bits per heavy atom. The second kappa shape index (κ2) is 5.42. The van der Waals surface area contributed by atoms with Crippen molar-refractivity contribution in [1.82, 2.24) is 15.2 Å². The van der Waals surface area contributed by atoms with Gasteiger partial charge in [-0.2, -0.15) is 4.98 Å². The van der Waals surface area contributed by atoms with Crippen LogP contribution >= 0.6 is 27.7 Å². The molecule has 90 valence electrons. The Labute approximate surface area is 111 Å². The summed E-state index contributed by atoms with van der Waals surface area (Å²) in [5.41, 5.74) is 6.60. The topological polar surface area (TPSA) is 76.8 Å². The molecule has 1 aromatic carbocycles. The molecule has 2 aromatic rings. The van der Waals surface area contributed by atoms with Crippen LogP contribution in [-0.2, 0) is 5.75 Å². The van der Waals surface area contributed by atoms with Crippen LogP contribution in [0.2, 0.25) is 0 Å². The van der Waals surface area contributed by atoms with E-state index in [1.165, 1.54) is 11.8 Å². The van der Waals surface area contributed by atoms with Gasteiger partial charge in [0.25, 0.3) is 0 Å². The number of H-pyrrole nitrogens is 1. The second-order valence-electron chi connectivity index (χ2n) is 3.26. The van der Waals surface area contributed by atoms with Gasteiger partial charge in [0, 0.05) is 5.75 Å². The first-order chi connectivity index (χ1) is 8.19. The molecule has 0 radical (unpaired) electrons. The fourth-order valence-electron chi connectivity index (χ4n) is 1.27. The van der Waals surface area contributed by atoms with Gasteiger partial charge in [-0.15, -0.1) is 5.10 Å². The Hall–Kier alpha value is -1.21. The Morgan fingerprint density at radius 3 is 2.94 bits per heavy atom. The Morgan fingerprint density at radius 2 is 2.35 bits per heavy atom. The largest absolute Gasteiger partial charge is 0.496 e. The fraction of sp³-hybridized carbons (Fsp3) is 0.200. The van der Waals surface area contributed by atoms with Crippen LogP contribution in [0.4, 0.5) is 5.95 Å². The summed E-state index contributed by atoms with van der Waals surface area (Å²) in [7, 11) is 1.64. The highest BCUT2D eigenvalue weighted by molar-refractivity contribution is 9.10. The third-order valence-electron chi connectivity index (χ3n) is 2.07. The normalized spacial score (nSPS) is 10.5. The average Bonchev–Trinajstić information content (AvgIpc) is 2.73. The van der Waals surface area contributed by atoms with Crippen molar-refractivity contribution in [2.75, 3.05) is 12.8 Å². The van der Waals surface area contributed by atoms with E-state index in [2.05, 4.69) is 31.1 Å². The van der Waals surface area contributed by atoms with Gasteiger partial charge in [0.05, 0.1) is 11.6 Å². The summed E-state index contributed by atoms with van der Waals surface area (Å²) in [5.74, 6) is 1.93. The molecule has 0 saturated heterocycles. The van der Waals surface area contributed by atoms with E-state index in [1.807, 2.05) is 18.2 Å². The van der Waals surface area contributed by atoms with Crippen molar-refractivity contribution in [3.05, 3.63) is 28.2 Å². The third kappa shape index (κ3) is 3.13. The highest BCUT2D eigenvalue weighted by atomic mass is 79.9. The van der Waals surface area contributed by atoms with Crippen molar-refractivity contribution in [2.24, 2.45) is 0 Å². The van der Waals surface area contributed by atoms with Crippen LogP contribution < -0.4 is 10.5 Å². The van der Waals surface area contributed by atoms with Crippen molar-refractivity contribution in [1.29, 1.82) is 0 Å². The number of hydrogen-bond acceptors (Lipinski definition) is 5. The maximum absolute atomic E-state index is 5.44. The van der Waals surface area contributed by atoms with Crippen LogP contribution in [0.1, 0.15) is 5.56 Å². The zero-order valence-corrected chi connectivity index (χ0v) is 11.5. The standard InChI is InChI=1S/C10H11BrN4OS/c1-16-8-3-2-6(4-7(8)11)5-17-10-13-9(12)14-15-10/h2-4H,5H2,1H3,(H3,12,13,14,15). The van der Waals surface area contributed by atoms with Gasteiger partial charge in [-0.3, -0.25) is 0 Å². The third-order valence-corrected chi connectivity index (χ3v) is 3.60. The molecule has 2 rings (SSSR count). The number of halogens is 1. The summed E-state index contributed by atoms with van der Waals surface area (Å²) in [5, 5.41) is 7.20. The molecule has 0 aliphatic carbocycles. The lowest BCUT2D eigenvalue weighted by Gasteiger charge is -2.05. The lowest BCUT2D eigenvalue weighted by atomic mass is 10.2. The van der Waals surface area contributed by atoms with Gasteiger partial charge in [0.2, 0.25) is 11.1 Å². The summed E-state index contributed by atoms with van der Waals surface area (Å²) in [6, 6.07) is 5.95. The monoisotopic (exact) mass is 314 g/mol. The minimum atomic E-state index is 0.336. The molecule has 1 aromatic heterocycles. The zero-order valence-electron chi connectivity index (χ0n) is 9.11. The molecule has 0 unspecified atom stereocenters. The summed E-state index contributed by atoms with van der Waals surface area (Å²) >= 11 is 4.97. The molecule has 0 aliphatic heterocycles.